The molecule has 2 rings (SSSR count). The van der Waals surface area contributed by atoms with E-state index in [4.69, 9.17) is 22.9 Å². The van der Waals surface area contributed by atoms with Gasteiger partial charge in [0, 0.05) is 38.7 Å². The number of carbonyl (C=O) groups excluding carboxylic acids is 8. The Morgan fingerprint density at radius 2 is 1.24 bits per heavy atom. The zero-order chi connectivity index (χ0) is 51.1. The summed E-state index contributed by atoms with van der Waals surface area (Å²) in [7, 11) is 0. The first kappa shape index (κ1) is 57.4. The van der Waals surface area contributed by atoms with E-state index in [1.807, 2.05) is 0 Å². The molecule has 0 bridgehead atoms. The Bertz CT molecular complexity index is 1970. The molecule has 0 aliphatic carbocycles. The van der Waals surface area contributed by atoms with Crippen LogP contribution in [0.4, 0.5) is 0 Å². The Balaban J connectivity index is 2.28. The van der Waals surface area contributed by atoms with Gasteiger partial charge in [0.2, 0.25) is 47.3 Å². The number of nitrogens with two attached hydrogens (primary N) is 4. The zero-order valence-electron chi connectivity index (χ0n) is 38.2. The second kappa shape index (κ2) is 29.1. The molecule has 1 aliphatic rings. The molecule has 0 unspecified atom stereocenters. The van der Waals surface area contributed by atoms with Crippen LogP contribution < -0.4 is 60.2 Å². The number of thiol groups is 1. The van der Waals surface area contributed by atoms with Gasteiger partial charge in [-0.15, -0.1) is 0 Å². The summed E-state index contributed by atoms with van der Waals surface area (Å²) in [6, 6.07) is -1.71. The Morgan fingerprint density at radius 1 is 0.721 bits per heavy atom. The first-order valence-corrected chi connectivity index (χ1v) is 22.4. The lowest BCUT2D eigenvalue weighted by Gasteiger charge is -2.31. The van der Waals surface area contributed by atoms with Gasteiger partial charge in [-0.2, -0.15) is 12.6 Å². The van der Waals surface area contributed by atoms with Crippen LogP contribution in [0.25, 0.3) is 0 Å². The van der Waals surface area contributed by atoms with E-state index in [-0.39, 0.29) is 75.8 Å². The minimum atomic E-state index is -1.81. The number of aliphatic imine (C=N–C) groups is 2. The standard InChI is InChI=1S/C41H66N14O12S/c1-21(56)31(36(63)52-28(20-68)34(61)51-27(39(66)67)18-24-10-5-4-6-11-24)54-37(64)32(22(2)57)53-33(60)25(12-7-15-46-40(42)43)50-35(62)29-14-9-17-55(29)38(65)26(13-8-16-47-41(44)45)49-30(59)19-48-23(3)58/h4-6,10-11,21-22,25-29,31-32,56-57,68H,7-9,12-20H2,1-3H3,(H,48,58)(H,49,59)(H,50,62)(H,51,61)(H,52,63)(H,53,60)(H,54,64)(H,66,67)(H4,42,43,46)(H4,44,45,47)/t21-,22-,25+,26+,27+,28+,29+,31+,32+/m1/s1. The van der Waals surface area contributed by atoms with Crippen molar-refractivity contribution in [3.63, 3.8) is 0 Å². The van der Waals surface area contributed by atoms with Gasteiger partial charge in [0.25, 0.3) is 0 Å². The SMILES string of the molecule is CC(=O)NCC(=O)N[C@@H](CCCN=C(N)N)C(=O)N1CCC[C@H]1C(=O)N[C@@H](CCCN=C(N)N)C(=O)N[C@H](C(=O)N[C@H](C(=O)N[C@@H](CS)C(=O)N[C@@H](Cc1ccccc1)C(=O)O)[C@@H](C)O)[C@@H](C)O. The average molecular weight is 979 g/mol. The first-order chi connectivity index (χ1) is 32.0. The smallest absolute Gasteiger partial charge is 0.326 e. The molecule has 0 aromatic heterocycles. The highest BCUT2D eigenvalue weighted by Gasteiger charge is 2.40. The number of benzene rings is 1. The maximum absolute atomic E-state index is 14.0. The molecule has 27 heteroatoms. The second-order valence-electron chi connectivity index (χ2n) is 16.0. The lowest BCUT2D eigenvalue weighted by molar-refractivity contribution is -0.142. The summed E-state index contributed by atoms with van der Waals surface area (Å²) in [5, 5.41) is 47.9. The van der Waals surface area contributed by atoms with E-state index < -0.39 is 114 Å². The fourth-order valence-electron chi connectivity index (χ4n) is 6.84. The molecule has 0 saturated carbocycles. The number of nitrogens with one attached hydrogen (secondary N) is 7. The first-order valence-electron chi connectivity index (χ1n) is 21.8. The van der Waals surface area contributed by atoms with Crippen molar-refractivity contribution in [2.24, 2.45) is 32.9 Å². The van der Waals surface area contributed by atoms with Gasteiger partial charge in [0.05, 0.1) is 18.8 Å². The number of aliphatic carboxylic acids is 1. The maximum atomic E-state index is 14.0. The fraction of sp³-hybridized carbons (Fsp3) is 0.585. The number of guanidine groups is 2. The summed E-state index contributed by atoms with van der Waals surface area (Å²) >= 11 is 4.11. The van der Waals surface area contributed by atoms with Gasteiger partial charge in [-0.05, 0) is 57.9 Å². The summed E-state index contributed by atoms with van der Waals surface area (Å²) in [6.45, 7) is 3.31. The molecule has 26 nitrogen and oxygen atoms in total. The maximum Gasteiger partial charge on any atom is 0.326 e. The molecule has 0 spiro atoms. The van der Waals surface area contributed by atoms with E-state index in [0.29, 0.717) is 12.0 Å². The monoisotopic (exact) mass is 978 g/mol. The summed E-state index contributed by atoms with van der Waals surface area (Å²) in [5.74, 6) is -8.85. The van der Waals surface area contributed by atoms with Gasteiger partial charge < -0.3 is 80.4 Å². The number of aliphatic hydroxyl groups excluding tert-OH is 2. The van der Waals surface area contributed by atoms with Crippen LogP contribution in [0.5, 0.6) is 0 Å². The van der Waals surface area contributed by atoms with Crippen molar-refractivity contribution in [2.45, 2.75) is 120 Å². The van der Waals surface area contributed by atoms with E-state index in [1.165, 1.54) is 11.8 Å². The highest BCUT2D eigenvalue weighted by atomic mass is 32.1. The van der Waals surface area contributed by atoms with Gasteiger partial charge in [-0.1, -0.05) is 30.3 Å². The quantitative estimate of drug-likeness (QED) is 0.0161. The highest BCUT2D eigenvalue weighted by molar-refractivity contribution is 7.80. The molecule has 1 heterocycles. The third-order valence-electron chi connectivity index (χ3n) is 10.3. The van der Waals surface area contributed by atoms with Gasteiger partial charge in [0.1, 0.15) is 42.3 Å². The molecule has 378 valence electrons. The van der Waals surface area contributed by atoms with E-state index in [2.05, 4.69) is 59.8 Å². The molecule has 0 radical (unpaired) electrons. The van der Waals surface area contributed by atoms with Crippen molar-refractivity contribution in [2.75, 3.05) is 31.9 Å². The van der Waals surface area contributed by atoms with Gasteiger partial charge in [-0.3, -0.25) is 48.3 Å². The number of carboxylic acids is 1. The number of carbonyl (C=O) groups is 9. The van der Waals surface area contributed by atoms with E-state index in [1.54, 1.807) is 30.3 Å². The van der Waals surface area contributed by atoms with Crippen molar-refractivity contribution in [1.29, 1.82) is 0 Å². The normalized spacial score (nSPS) is 16.6. The number of carboxylic acid groups (broad SMARTS) is 1. The van der Waals surface area contributed by atoms with Crippen molar-refractivity contribution >= 4 is 77.8 Å². The van der Waals surface area contributed by atoms with E-state index in [9.17, 15) is 58.5 Å². The minimum absolute atomic E-state index is 0.0104. The van der Waals surface area contributed by atoms with E-state index >= 15 is 0 Å². The molecule has 1 saturated heterocycles. The molecule has 1 aliphatic heterocycles. The van der Waals surface area contributed by atoms with Crippen LogP contribution >= 0.6 is 12.6 Å². The highest BCUT2D eigenvalue weighted by Crippen LogP contribution is 2.20. The fourth-order valence-corrected chi connectivity index (χ4v) is 7.10. The Hall–Kier alpha value is -6.74. The number of nitrogens with zero attached hydrogens (tertiary/aromatic N) is 3. The number of likely N-dealkylation sites (tertiary alicyclic amines) is 1. The van der Waals surface area contributed by atoms with E-state index in [0.717, 1.165) is 13.8 Å². The van der Waals surface area contributed by atoms with Crippen LogP contribution in [0.1, 0.15) is 64.9 Å². The predicted molar refractivity (Wildman–Crippen MR) is 250 cm³/mol. The number of hydrogen-bond acceptors (Lipinski definition) is 14. The van der Waals surface area contributed by atoms with Crippen LogP contribution in [0, 0.1) is 0 Å². The molecule has 1 aromatic carbocycles. The lowest BCUT2D eigenvalue weighted by Crippen LogP contribution is -2.63. The van der Waals surface area contributed by atoms with Gasteiger partial charge in [0.15, 0.2) is 11.9 Å². The Morgan fingerprint density at radius 3 is 1.75 bits per heavy atom. The van der Waals surface area contributed by atoms with Crippen LogP contribution in [0.2, 0.25) is 0 Å². The van der Waals surface area contributed by atoms with Crippen molar-refractivity contribution < 1.29 is 58.5 Å². The van der Waals surface area contributed by atoms with Crippen LogP contribution in [-0.2, 0) is 49.6 Å². The van der Waals surface area contributed by atoms with Crippen LogP contribution in [0.15, 0.2) is 40.3 Å². The molecule has 9 atom stereocenters. The van der Waals surface area contributed by atoms with Crippen LogP contribution in [-0.4, -0.2) is 172 Å². The largest absolute Gasteiger partial charge is 0.480 e. The molecular formula is C41H66N14O12S. The molecular weight excluding hydrogens is 913 g/mol. The Labute approximate surface area is 398 Å². The van der Waals surface area contributed by atoms with Gasteiger partial charge >= 0.3 is 5.97 Å². The summed E-state index contributed by atoms with van der Waals surface area (Å²) in [6.07, 6.45) is -2.55. The molecule has 68 heavy (non-hydrogen) atoms. The predicted octanol–water partition coefficient (Wildman–Crippen LogP) is -5.85. The summed E-state index contributed by atoms with van der Waals surface area (Å²) in [4.78, 5) is 127. The van der Waals surface area contributed by atoms with Crippen molar-refractivity contribution in [1.82, 2.24) is 42.1 Å². The molecule has 8 amide bonds. The van der Waals surface area contributed by atoms with Gasteiger partial charge in [-0.25, -0.2) is 4.79 Å². The Kier molecular flexibility index (Phi) is 24.6. The topological polar surface area (TPSA) is 431 Å². The third kappa shape index (κ3) is 20.0. The summed E-state index contributed by atoms with van der Waals surface area (Å²) < 4.78 is 0. The minimum Gasteiger partial charge on any atom is -0.480 e. The number of aliphatic hydroxyl groups is 2. The van der Waals surface area contributed by atoms with Crippen LogP contribution in [0.3, 0.4) is 0 Å². The number of amides is 8. The summed E-state index contributed by atoms with van der Waals surface area (Å²) in [5.41, 5.74) is 22.3. The number of hydrogen-bond donors (Lipinski definition) is 15. The number of rotatable bonds is 28. The van der Waals surface area contributed by atoms with Crippen molar-refractivity contribution in [3.05, 3.63) is 35.9 Å². The second-order valence-corrected chi connectivity index (χ2v) is 16.3. The lowest BCUT2D eigenvalue weighted by atomic mass is 10.0. The third-order valence-corrected chi connectivity index (χ3v) is 10.7. The molecule has 1 aromatic rings. The average Bonchev–Trinajstić information content (AvgIpc) is 3.77. The zero-order valence-corrected chi connectivity index (χ0v) is 39.1. The molecule has 1 fully saturated rings. The molecule has 18 N–H and O–H groups in total. The van der Waals surface area contributed by atoms with Crippen molar-refractivity contribution in [3.8, 4) is 0 Å².